The van der Waals surface area contributed by atoms with Gasteiger partial charge in [-0.25, -0.2) is 4.79 Å². The number of carbonyl (C=O) groups excluding carboxylic acids is 2. The molecule has 1 aliphatic rings. The summed E-state index contributed by atoms with van der Waals surface area (Å²) in [5.41, 5.74) is 8.61. The van der Waals surface area contributed by atoms with Crippen molar-refractivity contribution >= 4 is 23.3 Å². The average Bonchev–Trinajstić information content (AvgIpc) is 3.40. The molecule has 3 rings (SSSR count). The van der Waals surface area contributed by atoms with Crippen molar-refractivity contribution in [1.29, 1.82) is 0 Å². The van der Waals surface area contributed by atoms with Crippen LogP contribution in [0.25, 0.3) is 0 Å². The van der Waals surface area contributed by atoms with Crippen LogP contribution in [-0.2, 0) is 6.42 Å². The van der Waals surface area contributed by atoms with Crippen molar-refractivity contribution in [2.75, 3.05) is 17.6 Å². The van der Waals surface area contributed by atoms with Crippen molar-refractivity contribution in [3.8, 4) is 0 Å². The Morgan fingerprint density at radius 3 is 2.56 bits per heavy atom. The molecule has 0 aromatic heterocycles. The van der Waals surface area contributed by atoms with E-state index in [9.17, 15) is 9.59 Å². The Bertz CT molecular complexity index is 754. The molecule has 0 unspecified atom stereocenters. The molecule has 2 aromatic rings. The van der Waals surface area contributed by atoms with Crippen LogP contribution in [0.3, 0.4) is 0 Å². The minimum absolute atomic E-state index is 0.165. The monoisotopic (exact) mass is 338 g/mol. The summed E-state index contributed by atoms with van der Waals surface area (Å²) in [6, 6.07) is 14.6. The SMILES string of the molecule is Nc1ccc(CCNC(=O)c2cccc(NC(=O)NC3CC3)c2)cc1. The molecule has 3 amide bonds. The van der Waals surface area contributed by atoms with Crippen LogP contribution >= 0.6 is 0 Å². The van der Waals surface area contributed by atoms with Crippen LogP contribution in [0.1, 0.15) is 28.8 Å². The van der Waals surface area contributed by atoms with Gasteiger partial charge in [-0.2, -0.15) is 0 Å². The number of carbonyl (C=O) groups is 2. The van der Waals surface area contributed by atoms with Crippen molar-refractivity contribution in [1.82, 2.24) is 10.6 Å². The highest BCUT2D eigenvalue weighted by atomic mass is 16.2. The van der Waals surface area contributed by atoms with E-state index in [1.54, 1.807) is 24.3 Å². The molecular weight excluding hydrogens is 316 g/mol. The number of rotatable bonds is 6. The average molecular weight is 338 g/mol. The van der Waals surface area contributed by atoms with Crippen LogP contribution in [-0.4, -0.2) is 24.5 Å². The fraction of sp³-hybridized carbons (Fsp3) is 0.263. The molecule has 0 aliphatic heterocycles. The summed E-state index contributed by atoms with van der Waals surface area (Å²) >= 11 is 0. The Labute approximate surface area is 146 Å². The largest absolute Gasteiger partial charge is 0.399 e. The third kappa shape index (κ3) is 5.24. The second kappa shape index (κ2) is 7.70. The third-order valence-electron chi connectivity index (χ3n) is 3.97. The lowest BCUT2D eigenvalue weighted by molar-refractivity contribution is 0.0954. The second-order valence-corrected chi connectivity index (χ2v) is 6.20. The highest BCUT2D eigenvalue weighted by molar-refractivity contribution is 5.96. The molecule has 0 spiro atoms. The highest BCUT2D eigenvalue weighted by Crippen LogP contribution is 2.19. The standard InChI is InChI=1S/C19H22N4O2/c20-15-6-4-13(5-7-15)10-11-21-18(24)14-2-1-3-17(12-14)23-19(25)22-16-8-9-16/h1-7,12,16H,8-11,20H2,(H,21,24)(H2,22,23,25). The predicted octanol–water partition coefficient (Wildman–Crippen LogP) is 2.53. The molecule has 5 N–H and O–H groups in total. The number of urea groups is 1. The number of nitrogen functional groups attached to an aromatic ring is 1. The Hall–Kier alpha value is -3.02. The quantitative estimate of drug-likeness (QED) is 0.609. The van der Waals surface area contributed by atoms with Gasteiger partial charge in [-0.05, 0) is 55.2 Å². The Kier molecular flexibility index (Phi) is 5.18. The molecule has 1 saturated carbocycles. The van der Waals surface area contributed by atoms with Gasteiger partial charge in [0.15, 0.2) is 0 Å². The molecule has 0 saturated heterocycles. The minimum Gasteiger partial charge on any atom is -0.399 e. The number of hydrogen-bond donors (Lipinski definition) is 4. The van der Waals surface area contributed by atoms with Crippen LogP contribution in [0, 0.1) is 0 Å². The zero-order valence-corrected chi connectivity index (χ0v) is 13.9. The second-order valence-electron chi connectivity index (χ2n) is 6.20. The molecule has 1 fully saturated rings. The molecule has 0 radical (unpaired) electrons. The van der Waals surface area contributed by atoms with Gasteiger partial charge in [0.25, 0.3) is 5.91 Å². The van der Waals surface area contributed by atoms with Crippen LogP contribution in [0.4, 0.5) is 16.2 Å². The normalized spacial score (nSPS) is 13.1. The maximum Gasteiger partial charge on any atom is 0.319 e. The first-order chi connectivity index (χ1) is 12.1. The Balaban J connectivity index is 1.50. The van der Waals surface area contributed by atoms with Crippen LogP contribution in [0.2, 0.25) is 0 Å². The number of benzene rings is 2. The van der Waals surface area contributed by atoms with Crippen LogP contribution < -0.4 is 21.7 Å². The highest BCUT2D eigenvalue weighted by Gasteiger charge is 2.23. The van der Waals surface area contributed by atoms with E-state index in [4.69, 9.17) is 5.73 Å². The van der Waals surface area contributed by atoms with Crippen LogP contribution in [0.15, 0.2) is 48.5 Å². The lowest BCUT2D eigenvalue weighted by Crippen LogP contribution is -2.30. The number of nitrogens with one attached hydrogen (secondary N) is 3. The van der Waals surface area contributed by atoms with Gasteiger partial charge in [0.2, 0.25) is 0 Å². The predicted molar refractivity (Wildman–Crippen MR) is 98.5 cm³/mol. The summed E-state index contributed by atoms with van der Waals surface area (Å²) in [6.45, 7) is 0.530. The lowest BCUT2D eigenvalue weighted by Gasteiger charge is -2.09. The zero-order chi connectivity index (χ0) is 17.6. The van der Waals surface area contributed by atoms with E-state index in [0.29, 0.717) is 23.8 Å². The molecule has 0 heterocycles. The Morgan fingerprint density at radius 1 is 1.08 bits per heavy atom. The molecule has 130 valence electrons. The van der Waals surface area contributed by atoms with Gasteiger partial charge in [-0.3, -0.25) is 4.79 Å². The zero-order valence-electron chi connectivity index (χ0n) is 13.9. The summed E-state index contributed by atoms with van der Waals surface area (Å²) in [5, 5.41) is 8.49. The Morgan fingerprint density at radius 2 is 1.84 bits per heavy atom. The molecule has 2 aromatic carbocycles. The van der Waals surface area contributed by atoms with E-state index in [1.807, 2.05) is 24.3 Å². The van der Waals surface area contributed by atoms with Gasteiger partial charge in [0.05, 0.1) is 0 Å². The number of amides is 3. The molecule has 6 heteroatoms. The summed E-state index contributed by atoms with van der Waals surface area (Å²) in [4.78, 5) is 24.0. The van der Waals surface area contributed by atoms with Gasteiger partial charge in [0.1, 0.15) is 0 Å². The van der Waals surface area contributed by atoms with Gasteiger partial charge in [-0.1, -0.05) is 18.2 Å². The first kappa shape index (κ1) is 16.8. The van der Waals surface area contributed by atoms with E-state index < -0.39 is 0 Å². The first-order valence-corrected chi connectivity index (χ1v) is 8.40. The molecular formula is C19H22N4O2. The number of anilines is 2. The van der Waals surface area contributed by atoms with Crippen LogP contribution in [0.5, 0.6) is 0 Å². The molecule has 0 bridgehead atoms. The summed E-state index contributed by atoms with van der Waals surface area (Å²) < 4.78 is 0. The number of nitrogens with two attached hydrogens (primary N) is 1. The minimum atomic E-state index is -0.233. The smallest absolute Gasteiger partial charge is 0.319 e. The van der Waals surface area contributed by atoms with E-state index in [-0.39, 0.29) is 11.9 Å². The fourth-order valence-corrected chi connectivity index (χ4v) is 2.43. The van der Waals surface area contributed by atoms with Gasteiger partial charge >= 0.3 is 6.03 Å². The van der Waals surface area contributed by atoms with Gasteiger partial charge < -0.3 is 21.7 Å². The first-order valence-electron chi connectivity index (χ1n) is 8.40. The molecule has 0 atom stereocenters. The topological polar surface area (TPSA) is 96.2 Å². The molecule has 25 heavy (non-hydrogen) atoms. The van der Waals surface area contributed by atoms with Crippen molar-refractivity contribution in [2.45, 2.75) is 25.3 Å². The van der Waals surface area contributed by atoms with E-state index >= 15 is 0 Å². The molecule has 1 aliphatic carbocycles. The van der Waals surface area contributed by atoms with Crippen molar-refractivity contribution in [3.05, 3.63) is 59.7 Å². The van der Waals surface area contributed by atoms with Gasteiger partial charge in [-0.15, -0.1) is 0 Å². The van der Waals surface area contributed by atoms with Crippen molar-refractivity contribution in [3.63, 3.8) is 0 Å². The summed E-state index contributed by atoms with van der Waals surface area (Å²) in [7, 11) is 0. The summed E-state index contributed by atoms with van der Waals surface area (Å²) in [5.74, 6) is -0.165. The van der Waals surface area contributed by atoms with E-state index in [2.05, 4.69) is 16.0 Å². The third-order valence-corrected chi connectivity index (χ3v) is 3.97. The maximum atomic E-state index is 12.3. The summed E-state index contributed by atoms with van der Waals surface area (Å²) in [6.07, 6.45) is 2.79. The van der Waals surface area contributed by atoms with E-state index in [1.165, 1.54) is 0 Å². The lowest BCUT2D eigenvalue weighted by atomic mass is 10.1. The van der Waals surface area contributed by atoms with E-state index in [0.717, 1.165) is 30.5 Å². The number of hydrogen-bond acceptors (Lipinski definition) is 3. The van der Waals surface area contributed by atoms with Crippen molar-refractivity contribution in [2.24, 2.45) is 0 Å². The molecule has 6 nitrogen and oxygen atoms in total. The maximum absolute atomic E-state index is 12.3. The fourth-order valence-electron chi connectivity index (χ4n) is 2.43. The van der Waals surface area contributed by atoms with Crippen molar-refractivity contribution < 1.29 is 9.59 Å². The van der Waals surface area contributed by atoms with Gasteiger partial charge in [0, 0.05) is 29.5 Å².